The van der Waals surface area contributed by atoms with Crippen LogP contribution in [0.25, 0.3) is 0 Å². The van der Waals surface area contributed by atoms with E-state index in [2.05, 4.69) is 21.3 Å². The van der Waals surface area contributed by atoms with Gasteiger partial charge in [0, 0.05) is 32.8 Å². The van der Waals surface area contributed by atoms with Gasteiger partial charge in [0.15, 0.2) is 0 Å². The van der Waals surface area contributed by atoms with E-state index in [1.165, 1.54) is 12.8 Å². The van der Waals surface area contributed by atoms with Crippen LogP contribution in [0.2, 0.25) is 0 Å². The van der Waals surface area contributed by atoms with Crippen LogP contribution in [-0.4, -0.2) is 51.5 Å². The highest BCUT2D eigenvalue weighted by molar-refractivity contribution is 5.41. The van der Waals surface area contributed by atoms with Crippen molar-refractivity contribution in [2.75, 3.05) is 51.4 Å². The molecule has 2 heterocycles. The molecule has 1 aliphatic heterocycles. The zero-order chi connectivity index (χ0) is 14.9. The lowest BCUT2D eigenvalue weighted by Crippen LogP contribution is -2.40. The largest absolute Gasteiger partial charge is 0.478 e. The van der Waals surface area contributed by atoms with Crippen molar-refractivity contribution >= 4 is 5.82 Å². The second kappa shape index (κ2) is 8.85. The highest BCUT2D eigenvalue weighted by Crippen LogP contribution is 2.23. The summed E-state index contributed by atoms with van der Waals surface area (Å²) in [7, 11) is 1.74. The maximum absolute atomic E-state index is 5.49. The first-order chi connectivity index (χ1) is 10.3. The van der Waals surface area contributed by atoms with Crippen molar-refractivity contribution in [1.29, 1.82) is 0 Å². The smallest absolute Gasteiger partial charge is 0.215 e. The predicted octanol–water partition coefficient (Wildman–Crippen LogP) is 1.93. The van der Waals surface area contributed by atoms with Crippen LogP contribution in [0.5, 0.6) is 5.88 Å². The molecule has 1 N–H and O–H groups in total. The molecule has 118 valence electrons. The van der Waals surface area contributed by atoms with Crippen LogP contribution in [0.1, 0.15) is 19.8 Å². The molecule has 21 heavy (non-hydrogen) atoms. The molecule has 1 fully saturated rings. The third kappa shape index (κ3) is 5.17. The van der Waals surface area contributed by atoms with E-state index < -0.39 is 0 Å². The molecule has 5 heteroatoms. The van der Waals surface area contributed by atoms with Crippen LogP contribution in [0, 0.1) is 5.92 Å². The standard InChI is InChI=1S/C16H27N3O2/c1-3-21-16-8-4-7-15(18-16)19-10-5-6-14(13-19)12-17-9-11-20-2/h4,7-8,14,17H,3,5-6,9-13H2,1-2H3. The Morgan fingerprint density at radius 2 is 2.33 bits per heavy atom. The van der Waals surface area contributed by atoms with Gasteiger partial charge in [0.1, 0.15) is 5.82 Å². The predicted molar refractivity (Wildman–Crippen MR) is 85.1 cm³/mol. The number of anilines is 1. The van der Waals surface area contributed by atoms with E-state index in [0.717, 1.165) is 44.5 Å². The summed E-state index contributed by atoms with van der Waals surface area (Å²) in [6, 6.07) is 6.01. The Hall–Kier alpha value is -1.33. The zero-order valence-electron chi connectivity index (χ0n) is 13.2. The summed E-state index contributed by atoms with van der Waals surface area (Å²) in [6.45, 7) is 7.52. The normalized spacial score (nSPS) is 18.8. The number of piperidine rings is 1. The number of pyridine rings is 1. The molecule has 1 unspecified atom stereocenters. The topological polar surface area (TPSA) is 46.6 Å². The summed E-state index contributed by atoms with van der Waals surface area (Å²) in [5, 5.41) is 3.46. The SMILES string of the molecule is CCOc1cccc(N2CCCC(CNCCOC)C2)n1. The van der Waals surface area contributed by atoms with Crippen LogP contribution in [-0.2, 0) is 4.74 Å². The Balaban J connectivity index is 1.86. The van der Waals surface area contributed by atoms with Crippen molar-refractivity contribution in [3.63, 3.8) is 0 Å². The Kier molecular flexibility index (Phi) is 6.76. The molecule has 0 saturated carbocycles. The molecule has 2 rings (SSSR count). The van der Waals surface area contributed by atoms with E-state index in [1.54, 1.807) is 7.11 Å². The molecular weight excluding hydrogens is 266 g/mol. The lowest BCUT2D eigenvalue weighted by molar-refractivity contribution is 0.197. The second-order valence-electron chi connectivity index (χ2n) is 5.42. The zero-order valence-corrected chi connectivity index (χ0v) is 13.2. The van der Waals surface area contributed by atoms with Gasteiger partial charge < -0.3 is 19.7 Å². The van der Waals surface area contributed by atoms with Crippen molar-refractivity contribution in [3.05, 3.63) is 18.2 Å². The quantitative estimate of drug-likeness (QED) is 0.742. The van der Waals surface area contributed by atoms with Gasteiger partial charge in [-0.2, -0.15) is 4.98 Å². The van der Waals surface area contributed by atoms with Gasteiger partial charge in [0.2, 0.25) is 5.88 Å². The van der Waals surface area contributed by atoms with Crippen molar-refractivity contribution in [1.82, 2.24) is 10.3 Å². The van der Waals surface area contributed by atoms with Gasteiger partial charge in [-0.3, -0.25) is 0 Å². The first kappa shape index (κ1) is 16.0. The summed E-state index contributed by atoms with van der Waals surface area (Å²) in [5.74, 6) is 2.42. The second-order valence-corrected chi connectivity index (χ2v) is 5.42. The third-order valence-electron chi connectivity index (χ3n) is 3.76. The number of aromatic nitrogens is 1. The summed E-state index contributed by atoms with van der Waals surface area (Å²) in [5.41, 5.74) is 0. The number of methoxy groups -OCH3 is 1. The van der Waals surface area contributed by atoms with Crippen LogP contribution in [0.4, 0.5) is 5.82 Å². The molecule has 1 saturated heterocycles. The lowest BCUT2D eigenvalue weighted by atomic mass is 9.98. The average molecular weight is 293 g/mol. The molecule has 5 nitrogen and oxygen atoms in total. The number of nitrogens with one attached hydrogen (secondary N) is 1. The van der Waals surface area contributed by atoms with Crippen molar-refractivity contribution in [3.8, 4) is 5.88 Å². The molecule has 1 atom stereocenters. The fourth-order valence-electron chi connectivity index (χ4n) is 2.73. The molecule has 1 aromatic heterocycles. The van der Waals surface area contributed by atoms with E-state index in [0.29, 0.717) is 12.5 Å². The van der Waals surface area contributed by atoms with Gasteiger partial charge >= 0.3 is 0 Å². The fraction of sp³-hybridized carbons (Fsp3) is 0.688. The summed E-state index contributed by atoms with van der Waals surface area (Å²) >= 11 is 0. The van der Waals surface area contributed by atoms with Crippen LogP contribution in [0.15, 0.2) is 18.2 Å². The molecule has 1 aromatic rings. The molecule has 0 spiro atoms. The van der Waals surface area contributed by atoms with E-state index in [1.807, 2.05) is 19.1 Å². The minimum Gasteiger partial charge on any atom is -0.478 e. The van der Waals surface area contributed by atoms with Crippen LogP contribution >= 0.6 is 0 Å². The van der Waals surface area contributed by atoms with Gasteiger partial charge in [0.25, 0.3) is 0 Å². The minimum absolute atomic E-state index is 0.655. The summed E-state index contributed by atoms with van der Waals surface area (Å²) in [6.07, 6.45) is 2.50. The fourth-order valence-corrected chi connectivity index (χ4v) is 2.73. The number of rotatable bonds is 8. The average Bonchev–Trinajstić information content (AvgIpc) is 2.53. The summed E-state index contributed by atoms with van der Waals surface area (Å²) in [4.78, 5) is 6.96. The maximum atomic E-state index is 5.49. The van der Waals surface area contributed by atoms with Gasteiger partial charge in [-0.05, 0) is 38.3 Å². The molecule has 1 aliphatic rings. The molecule has 0 bridgehead atoms. The lowest BCUT2D eigenvalue weighted by Gasteiger charge is -2.33. The van der Waals surface area contributed by atoms with Crippen molar-refractivity contribution in [2.45, 2.75) is 19.8 Å². The van der Waals surface area contributed by atoms with Gasteiger partial charge in [0.05, 0.1) is 13.2 Å². The Bertz CT molecular complexity index is 414. The van der Waals surface area contributed by atoms with Crippen molar-refractivity contribution < 1.29 is 9.47 Å². The first-order valence-electron chi connectivity index (χ1n) is 7.88. The number of ether oxygens (including phenoxy) is 2. The van der Waals surface area contributed by atoms with E-state index >= 15 is 0 Å². The van der Waals surface area contributed by atoms with E-state index in [-0.39, 0.29) is 0 Å². The van der Waals surface area contributed by atoms with Crippen molar-refractivity contribution in [2.24, 2.45) is 5.92 Å². The maximum Gasteiger partial charge on any atom is 0.215 e. The van der Waals surface area contributed by atoms with Gasteiger partial charge in [-0.1, -0.05) is 6.07 Å². The van der Waals surface area contributed by atoms with E-state index in [4.69, 9.17) is 9.47 Å². The number of hydrogen-bond donors (Lipinski definition) is 1. The molecule has 0 radical (unpaired) electrons. The molecule has 0 aromatic carbocycles. The number of nitrogens with zero attached hydrogens (tertiary/aromatic N) is 2. The van der Waals surface area contributed by atoms with Gasteiger partial charge in [-0.15, -0.1) is 0 Å². The highest BCUT2D eigenvalue weighted by atomic mass is 16.5. The summed E-state index contributed by atoms with van der Waals surface area (Å²) < 4.78 is 10.6. The van der Waals surface area contributed by atoms with Crippen LogP contribution < -0.4 is 15.0 Å². The minimum atomic E-state index is 0.655. The van der Waals surface area contributed by atoms with Crippen LogP contribution in [0.3, 0.4) is 0 Å². The Morgan fingerprint density at radius 1 is 1.43 bits per heavy atom. The van der Waals surface area contributed by atoms with E-state index in [9.17, 15) is 0 Å². The van der Waals surface area contributed by atoms with Gasteiger partial charge in [-0.25, -0.2) is 0 Å². The Morgan fingerprint density at radius 3 is 3.14 bits per heavy atom. The molecule has 0 aliphatic carbocycles. The number of hydrogen-bond acceptors (Lipinski definition) is 5. The molecule has 0 amide bonds. The highest BCUT2D eigenvalue weighted by Gasteiger charge is 2.20. The first-order valence-corrected chi connectivity index (χ1v) is 7.88. The monoisotopic (exact) mass is 293 g/mol. The molecular formula is C16H27N3O2. The third-order valence-corrected chi connectivity index (χ3v) is 3.76. The Labute approximate surface area is 127 Å².